The van der Waals surface area contributed by atoms with Crippen LogP contribution >= 0.6 is 0 Å². The molecule has 8 rings (SSSR count). The summed E-state index contributed by atoms with van der Waals surface area (Å²) in [7, 11) is -2.87. The molecule has 6 aliphatic carbocycles. The van der Waals surface area contributed by atoms with Crippen LogP contribution in [0.3, 0.4) is 0 Å². The van der Waals surface area contributed by atoms with E-state index in [0.29, 0.717) is 67.0 Å². The summed E-state index contributed by atoms with van der Waals surface area (Å²) in [5.41, 5.74) is 5.23. The molecule has 0 spiro atoms. The minimum absolute atomic E-state index is 0.0195. The van der Waals surface area contributed by atoms with Gasteiger partial charge in [-0.25, -0.2) is 8.42 Å². The Morgan fingerprint density at radius 3 is 2.31 bits per heavy atom. The van der Waals surface area contributed by atoms with E-state index in [1.165, 1.54) is 68.1 Å². The SMILES string of the molecule is C=C(C)[C@@H]1CC[C@]2(NCCN3CCS(=O)(=O)CC3)CC[C@]3(C)[C@H](CCC4[C@@]5(C)CC=C(C6=CCC(CO)(C(=O)OCc7ccccc7)CC6)C(C)(C)C5CC[C@]43C)C12. The first-order chi connectivity index (χ1) is 27.4. The molecule has 2 N–H and O–H groups in total. The number of rotatable bonds is 10. The Morgan fingerprint density at radius 2 is 1.64 bits per heavy atom. The smallest absolute Gasteiger partial charge is 0.315 e. The van der Waals surface area contributed by atoms with Gasteiger partial charge in [-0.15, -0.1) is 0 Å². The number of aliphatic hydroxyl groups is 1. The highest BCUT2D eigenvalue weighted by Gasteiger charge is 2.70. The number of fused-ring (bicyclic) bond motifs is 7. The van der Waals surface area contributed by atoms with Gasteiger partial charge < -0.3 is 20.1 Å². The summed E-state index contributed by atoms with van der Waals surface area (Å²) in [6.07, 6.45) is 18.0. The summed E-state index contributed by atoms with van der Waals surface area (Å²) in [5, 5.41) is 14.8. The molecule has 1 aromatic carbocycles. The molecule has 7 nitrogen and oxygen atoms in total. The monoisotopic (exact) mass is 815 g/mol. The lowest BCUT2D eigenvalue weighted by Gasteiger charge is -2.72. The summed E-state index contributed by atoms with van der Waals surface area (Å²) < 4.78 is 30.0. The number of sulfone groups is 1. The van der Waals surface area contributed by atoms with Crippen LogP contribution in [0.4, 0.5) is 0 Å². The minimum atomic E-state index is -2.87. The van der Waals surface area contributed by atoms with E-state index in [-0.39, 0.29) is 46.4 Å². The zero-order chi connectivity index (χ0) is 41.4. The van der Waals surface area contributed by atoms with Crippen molar-refractivity contribution in [2.75, 3.05) is 44.3 Å². The van der Waals surface area contributed by atoms with E-state index in [2.05, 4.69) is 70.5 Å². The number of hydrogen-bond acceptors (Lipinski definition) is 7. The molecule has 0 aromatic heterocycles. The molecular weight excluding hydrogens is 741 g/mol. The molecule has 1 saturated heterocycles. The number of hydrogen-bond donors (Lipinski definition) is 2. The number of allylic oxidation sites excluding steroid dienone is 5. The number of nitrogens with zero attached hydrogens (tertiary/aromatic N) is 1. The second-order valence-electron chi connectivity index (χ2n) is 21.7. The van der Waals surface area contributed by atoms with Crippen molar-refractivity contribution in [1.29, 1.82) is 0 Å². The molecule has 0 radical (unpaired) electrons. The van der Waals surface area contributed by atoms with Crippen LogP contribution in [0.2, 0.25) is 0 Å². The first-order valence-corrected chi connectivity index (χ1v) is 24.8. The molecule has 5 fully saturated rings. The summed E-state index contributed by atoms with van der Waals surface area (Å²) in [6.45, 7) is 23.3. The largest absolute Gasteiger partial charge is 0.460 e. The molecule has 0 bridgehead atoms. The number of esters is 1. The highest BCUT2D eigenvalue weighted by Crippen LogP contribution is 2.76. The van der Waals surface area contributed by atoms with Crippen LogP contribution < -0.4 is 5.32 Å². The predicted octanol–water partition coefficient (Wildman–Crippen LogP) is 9.09. The molecule has 1 aromatic rings. The molecule has 7 aliphatic rings. The highest BCUT2D eigenvalue weighted by atomic mass is 32.2. The quantitative estimate of drug-likeness (QED) is 0.180. The molecule has 0 amide bonds. The molecule has 4 saturated carbocycles. The maximum Gasteiger partial charge on any atom is 0.315 e. The van der Waals surface area contributed by atoms with Crippen LogP contribution in [0.15, 0.2) is 65.8 Å². The summed E-state index contributed by atoms with van der Waals surface area (Å²) in [4.78, 5) is 15.8. The predicted molar refractivity (Wildman–Crippen MR) is 234 cm³/mol. The van der Waals surface area contributed by atoms with Crippen molar-refractivity contribution in [1.82, 2.24) is 10.2 Å². The fourth-order valence-electron chi connectivity index (χ4n) is 15.5. The highest BCUT2D eigenvalue weighted by molar-refractivity contribution is 7.91. The van der Waals surface area contributed by atoms with E-state index >= 15 is 0 Å². The van der Waals surface area contributed by atoms with E-state index < -0.39 is 15.3 Å². The summed E-state index contributed by atoms with van der Waals surface area (Å²) in [5.74, 6) is 3.39. The minimum Gasteiger partial charge on any atom is -0.460 e. The van der Waals surface area contributed by atoms with Crippen LogP contribution in [-0.4, -0.2) is 74.2 Å². The molecular formula is C50H74N2O5S. The van der Waals surface area contributed by atoms with Crippen LogP contribution in [0, 0.1) is 56.7 Å². The Hall–Kier alpha value is -2.26. The van der Waals surface area contributed by atoms with E-state index in [9.17, 15) is 18.3 Å². The number of nitrogens with one attached hydrogen (secondary N) is 1. The van der Waals surface area contributed by atoms with Gasteiger partial charge in [-0.05, 0) is 152 Å². The Bertz CT molecular complexity index is 1910. The molecule has 1 heterocycles. The third-order valence-electron chi connectivity index (χ3n) is 18.9. The van der Waals surface area contributed by atoms with Crippen molar-refractivity contribution in [2.45, 2.75) is 131 Å². The number of aliphatic hydroxyl groups excluding tert-OH is 1. The normalized spacial score (nSPS) is 41.8. The van der Waals surface area contributed by atoms with Crippen LogP contribution in [0.5, 0.6) is 0 Å². The zero-order valence-corrected chi connectivity index (χ0v) is 37.5. The Balaban J connectivity index is 0.996. The lowest BCUT2D eigenvalue weighted by atomic mass is 9.33. The van der Waals surface area contributed by atoms with Gasteiger partial charge >= 0.3 is 5.97 Å². The molecule has 320 valence electrons. The first kappa shape index (κ1) is 42.4. The third kappa shape index (κ3) is 6.85. The maximum atomic E-state index is 13.5. The van der Waals surface area contributed by atoms with Crippen molar-refractivity contribution in [2.24, 2.45) is 56.7 Å². The zero-order valence-electron chi connectivity index (χ0n) is 36.7. The topological polar surface area (TPSA) is 95.9 Å². The fraction of sp³-hybridized carbons (Fsp3) is 0.740. The van der Waals surface area contributed by atoms with Crippen LogP contribution in [0.1, 0.15) is 124 Å². The number of ether oxygens (including phenoxy) is 1. The third-order valence-corrected chi connectivity index (χ3v) is 20.5. The van der Waals surface area contributed by atoms with Crippen molar-refractivity contribution < 1.29 is 23.1 Å². The summed E-state index contributed by atoms with van der Waals surface area (Å²) >= 11 is 0. The molecule has 10 atom stereocenters. The van der Waals surface area contributed by atoms with E-state index in [1.807, 2.05) is 30.3 Å². The lowest BCUT2D eigenvalue weighted by molar-refractivity contribution is -0.221. The molecule has 1 aliphatic heterocycles. The average Bonchev–Trinajstić information content (AvgIpc) is 3.58. The number of benzene rings is 1. The van der Waals surface area contributed by atoms with Gasteiger partial charge in [0.15, 0.2) is 9.84 Å². The molecule has 58 heavy (non-hydrogen) atoms. The maximum absolute atomic E-state index is 13.5. The van der Waals surface area contributed by atoms with Gasteiger partial charge in [0.1, 0.15) is 6.61 Å². The first-order valence-electron chi connectivity index (χ1n) is 23.0. The molecule has 4 unspecified atom stereocenters. The van der Waals surface area contributed by atoms with Gasteiger partial charge in [-0.2, -0.15) is 0 Å². The Kier molecular flexibility index (Phi) is 11.2. The van der Waals surface area contributed by atoms with Crippen molar-refractivity contribution in [3.8, 4) is 0 Å². The van der Waals surface area contributed by atoms with Crippen molar-refractivity contribution >= 4 is 15.8 Å². The second kappa shape index (κ2) is 15.3. The summed E-state index contributed by atoms with van der Waals surface area (Å²) in [6, 6.07) is 9.80. The van der Waals surface area contributed by atoms with E-state index in [0.717, 1.165) is 31.5 Å². The Morgan fingerprint density at radius 1 is 0.897 bits per heavy atom. The Labute approximate surface area is 350 Å². The lowest BCUT2D eigenvalue weighted by Crippen LogP contribution is -2.68. The fourth-order valence-corrected chi connectivity index (χ4v) is 16.7. The molecule has 8 heteroatoms. The van der Waals surface area contributed by atoms with Gasteiger partial charge in [-0.1, -0.05) is 89.3 Å². The average molecular weight is 815 g/mol. The number of carbonyl (C=O) groups is 1. The van der Waals surface area contributed by atoms with Gasteiger partial charge in [0, 0.05) is 31.7 Å². The van der Waals surface area contributed by atoms with Crippen LogP contribution in [0.25, 0.3) is 0 Å². The van der Waals surface area contributed by atoms with Gasteiger partial charge in [0.25, 0.3) is 0 Å². The number of carbonyl (C=O) groups excluding carboxylic acids is 1. The van der Waals surface area contributed by atoms with Gasteiger partial charge in [-0.3, -0.25) is 4.79 Å². The van der Waals surface area contributed by atoms with Gasteiger partial charge in [0.2, 0.25) is 0 Å². The standard InChI is InChI=1S/C50H74N2O5S/c1-35(2)38-17-24-50(51-27-28-52-29-31-58(55,56)32-30-52)26-25-47(6)40(43(38)50)13-14-42-46(5)20-18-39(45(3,4)41(46)19-21-48(42,47)7)37-15-22-49(34-53,23-16-37)44(54)57-33-36-11-9-8-10-12-36/h8-12,15,18,38,40-43,51,53H,1,13-14,16-17,19-34H2,2-7H3/t38-,40+,41?,42?,43?,46-,47+,48+,49?,50-/m0/s1. The van der Waals surface area contributed by atoms with E-state index in [1.54, 1.807) is 0 Å². The van der Waals surface area contributed by atoms with Crippen molar-refractivity contribution in [3.05, 3.63) is 71.3 Å². The van der Waals surface area contributed by atoms with Gasteiger partial charge in [0.05, 0.1) is 23.5 Å². The van der Waals surface area contributed by atoms with E-state index in [4.69, 9.17) is 4.74 Å². The second-order valence-corrected chi connectivity index (χ2v) is 24.0. The van der Waals surface area contributed by atoms with Crippen LogP contribution in [-0.2, 0) is 26.0 Å². The van der Waals surface area contributed by atoms with Crippen molar-refractivity contribution in [3.63, 3.8) is 0 Å².